The standard InChI is InChI=1S/C18H37N3/c1-14(2)9-18(13-19,10-15(3)4)21-12-17-7-6-8-20(17)11-16(21)5/h14-17H,6-13,19H2,1-5H3. The van der Waals surface area contributed by atoms with E-state index in [1.807, 2.05) is 0 Å². The molecular weight excluding hydrogens is 258 g/mol. The molecule has 0 aromatic rings. The molecule has 0 saturated carbocycles. The van der Waals surface area contributed by atoms with E-state index in [0.717, 1.165) is 12.6 Å². The van der Waals surface area contributed by atoms with Crippen LogP contribution in [0.4, 0.5) is 0 Å². The van der Waals surface area contributed by atoms with Crippen molar-refractivity contribution in [1.29, 1.82) is 0 Å². The number of nitrogens with zero attached hydrogens (tertiary/aromatic N) is 2. The fourth-order valence-corrected chi connectivity index (χ4v) is 4.97. The first kappa shape index (κ1) is 17.2. The Balaban J connectivity index is 2.21. The molecule has 21 heavy (non-hydrogen) atoms. The highest BCUT2D eigenvalue weighted by atomic mass is 15.3. The largest absolute Gasteiger partial charge is 0.329 e. The Morgan fingerprint density at radius 2 is 1.71 bits per heavy atom. The van der Waals surface area contributed by atoms with Crippen LogP contribution in [0.1, 0.15) is 60.3 Å². The molecule has 0 amide bonds. The number of piperazine rings is 1. The maximum absolute atomic E-state index is 6.38. The molecule has 2 rings (SSSR count). The molecule has 2 aliphatic heterocycles. The summed E-state index contributed by atoms with van der Waals surface area (Å²) < 4.78 is 0. The monoisotopic (exact) mass is 295 g/mol. The molecule has 0 bridgehead atoms. The molecule has 0 aliphatic carbocycles. The molecule has 3 heteroatoms. The molecule has 2 saturated heterocycles. The van der Waals surface area contributed by atoms with Crippen LogP contribution in [-0.4, -0.2) is 53.6 Å². The smallest absolute Gasteiger partial charge is 0.0340 e. The lowest BCUT2D eigenvalue weighted by atomic mass is 9.78. The minimum atomic E-state index is 0.205. The van der Waals surface area contributed by atoms with Gasteiger partial charge in [-0.1, -0.05) is 27.7 Å². The number of rotatable bonds is 6. The van der Waals surface area contributed by atoms with Crippen molar-refractivity contribution in [3.8, 4) is 0 Å². The van der Waals surface area contributed by atoms with Crippen LogP contribution in [0.5, 0.6) is 0 Å². The molecule has 2 fully saturated rings. The van der Waals surface area contributed by atoms with Crippen molar-refractivity contribution in [2.45, 2.75) is 77.9 Å². The van der Waals surface area contributed by atoms with Gasteiger partial charge in [0.15, 0.2) is 0 Å². The van der Waals surface area contributed by atoms with Gasteiger partial charge >= 0.3 is 0 Å². The van der Waals surface area contributed by atoms with Gasteiger partial charge in [-0.05, 0) is 51.0 Å². The predicted molar refractivity (Wildman–Crippen MR) is 91.5 cm³/mol. The lowest BCUT2D eigenvalue weighted by molar-refractivity contribution is -0.0393. The van der Waals surface area contributed by atoms with E-state index >= 15 is 0 Å². The van der Waals surface area contributed by atoms with Crippen molar-refractivity contribution in [2.24, 2.45) is 17.6 Å². The lowest BCUT2D eigenvalue weighted by Gasteiger charge is -2.54. The molecule has 124 valence electrons. The van der Waals surface area contributed by atoms with Gasteiger partial charge in [-0.2, -0.15) is 0 Å². The summed E-state index contributed by atoms with van der Waals surface area (Å²) in [5.41, 5.74) is 6.58. The Bertz CT molecular complexity index is 316. The van der Waals surface area contributed by atoms with E-state index in [-0.39, 0.29) is 5.54 Å². The van der Waals surface area contributed by atoms with Crippen LogP contribution < -0.4 is 5.73 Å². The molecule has 2 aliphatic rings. The fraction of sp³-hybridized carbons (Fsp3) is 1.00. The molecular formula is C18H37N3. The van der Waals surface area contributed by atoms with Crippen molar-refractivity contribution in [2.75, 3.05) is 26.2 Å². The van der Waals surface area contributed by atoms with Crippen molar-refractivity contribution >= 4 is 0 Å². The summed E-state index contributed by atoms with van der Waals surface area (Å²) in [6.07, 6.45) is 5.24. The summed E-state index contributed by atoms with van der Waals surface area (Å²) in [5, 5.41) is 0. The first-order valence-electron chi connectivity index (χ1n) is 9.09. The Hall–Kier alpha value is -0.120. The molecule has 2 N–H and O–H groups in total. The highest BCUT2D eigenvalue weighted by Crippen LogP contribution is 2.36. The average Bonchev–Trinajstić information content (AvgIpc) is 2.82. The summed E-state index contributed by atoms with van der Waals surface area (Å²) in [4.78, 5) is 5.52. The van der Waals surface area contributed by atoms with Crippen LogP contribution in [-0.2, 0) is 0 Å². The van der Waals surface area contributed by atoms with E-state index in [1.165, 1.54) is 45.3 Å². The highest BCUT2D eigenvalue weighted by Gasteiger charge is 2.44. The maximum atomic E-state index is 6.38. The average molecular weight is 296 g/mol. The van der Waals surface area contributed by atoms with Gasteiger partial charge in [-0.15, -0.1) is 0 Å². The van der Waals surface area contributed by atoms with E-state index in [0.29, 0.717) is 17.9 Å². The van der Waals surface area contributed by atoms with Crippen molar-refractivity contribution in [3.05, 3.63) is 0 Å². The lowest BCUT2D eigenvalue weighted by Crippen LogP contribution is -2.66. The number of hydrogen-bond donors (Lipinski definition) is 1. The van der Waals surface area contributed by atoms with Gasteiger partial charge in [0, 0.05) is 37.3 Å². The van der Waals surface area contributed by atoms with Crippen molar-refractivity contribution < 1.29 is 0 Å². The highest BCUT2D eigenvalue weighted by molar-refractivity contribution is 5.01. The van der Waals surface area contributed by atoms with Crippen molar-refractivity contribution in [3.63, 3.8) is 0 Å². The second-order valence-electron chi connectivity index (χ2n) is 8.42. The van der Waals surface area contributed by atoms with E-state index in [4.69, 9.17) is 5.73 Å². The zero-order chi connectivity index (χ0) is 15.6. The zero-order valence-electron chi connectivity index (χ0n) is 14.9. The van der Waals surface area contributed by atoms with Crippen LogP contribution in [0, 0.1) is 11.8 Å². The molecule has 2 atom stereocenters. The summed E-state index contributed by atoms with van der Waals surface area (Å²) in [5.74, 6) is 1.42. The van der Waals surface area contributed by atoms with Gasteiger partial charge in [0.25, 0.3) is 0 Å². The van der Waals surface area contributed by atoms with Crippen LogP contribution >= 0.6 is 0 Å². The Labute approximate surface area is 132 Å². The van der Waals surface area contributed by atoms with Crippen molar-refractivity contribution in [1.82, 2.24) is 9.80 Å². The number of nitrogens with two attached hydrogens (primary N) is 1. The SMILES string of the molecule is CC(C)CC(CN)(CC(C)C)N1CC2CCCN2CC1C. The maximum Gasteiger partial charge on any atom is 0.0340 e. The van der Waals surface area contributed by atoms with Crippen LogP contribution in [0.15, 0.2) is 0 Å². The number of hydrogen-bond acceptors (Lipinski definition) is 3. The van der Waals surface area contributed by atoms with Crippen LogP contribution in [0.25, 0.3) is 0 Å². The van der Waals surface area contributed by atoms with Gasteiger partial charge in [0.2, 0.25) is 0 Å². The van der Waals surface area contributed by atoms with Gasteiger partial charge in [-0.3, -0.25) is 9.80 Å². The molecule has 0 radical (unpaired) electrons. The molecule has 2 heterocycles. The topological polar surface area (TPSA) is 32.5 Å². The number of fused-ring (bicyclic) bond motifs is 1. The van der Waals surface area contributed by atoms with Gasteiger partial charge in [0.1, 0.15) is 0 Å². The summed E-state index contributed by atoms with van der Waals surface area (Å²) in [6, 6.07) is 1.42. The Kier molecular flexibility index (Phi) is 5.72. The Morgan fingerprint density at radius 3 is 2.24 bits per heavy atom. The predicted octanol–water partition coefficient (Wildman–Crippen LogP) is 2.94. The molecule has 0 aromatic heterocycles. The second-order valence-corrected chi connectivity index (χ2v) is 8.42. The molecule has 0 aromatic carbocycles. The van der Waals surface area contributed by atoms with E-state index in [2.05, 4.69) is 44.4 Å². The molecule has 3 nitrogen and oxygen atoms in total. The minimum absolute atomic E-state index is 0.205. The quantitative estimate of drug-likeness (QED) is 0.818. The van der Waals surface area contributed by atoms with E-state index in [9.17, 15) is 0 Å². The van der Waals surface area contributed by atoms with E-state index in [1.54, 1.807) is 0 Å². The Morgan fingerprint density at radius 1 is 1.10 bits per heavy atom. The third-order valence-electron chi connectivity index (χ3n) is 5.50. The third-order valence-corrected chi connectivity index (χ3v) is 5.50. The van der Waals surface area contributed by atoms with Crippen LogP contribution in [0.2, 0.25) is 0 Å². The van der Waals surface area contributed by atoms with E-state index < -0.39 is 0 Å². The van der Waals surface area contributed by atoms with Gasteiger partial charge in [-0.25, -0.2) is 0 Å². The summed E-state index contributed by atoms with van der Waals surface area (Å²) >= 11 is 0. The minimum Gasteiger partial charge on any atom is -0.329 e. The third kappa shape index (κ3) is 3.80. The zero-order valence-corrected chi connectivity index (χ0v) is 14.9. The first-order valence-corrected chi connectivity index (χ1v) is 9.09. The second kappa shape index (κ2) is 6.97. The summed E-state index contributed by atoms with van der Waals surface area (Å²) in [7, 11) is 0. The molecule has 0 spiro atoms. The molecule has 2 unspecified atom stereocenters. The van der Waals surface area contributed by atoms with Gasteiger partial charge in [0.05, 0.1) is 0 Å². The summed E-state index contributed by atoms with van der Waals surface area (Å²) in [6.45, 7) is 16.4. The normalized spacial score (nSPS) is 28.6. The first-order chi connectivity index (χ1) is 9.88. The fourth-order valence-electron chi connectivity index (χ4n) is 4.97. The van der Waals surface area contributed by atoms with Crippen LogP contribution in [0.3, 0.4) is 0 Å². The van der Waals surface area contributed by atoms with Gasteiger partial charge < -0.3 is 5.73 Å².